The van der Waals surface area contributed by atoms with Crippen molar-refractivity contribution in [3.63, 3.8) is 0 Å². The van der Waals surface area contributed by atoms with Gasteiger partial charge in [0.1, 0.15) is 16.0 Å². The van der Waals surface area contributed by atoms with E-state index >= 15 is 0 Å². The Morgan fingerprint density at radius 1 is 1.12 bits per heavy atom. The number of likely N-dealkylation sites (N-methyl/N-ethyl adjacent to an activating group) is 1. The number of ether oxygens (including phenoxy) is 1. The zero-order chi connectivity index (χ0) is 22.7. The highest BCUT2D eigenvalue weighted by Gasteiger charge is 2.32. The molecule has 4 heterocycles. The second-order valence-electron chi connectivity index (χ2n) is 7.49. The first-order valence-corrected chi connectivity index (χ1v) is 10.2. The number of amides is 1. The number of aromatic nitrogens is 3. The van der Waals surface area contributed by atoms with E-state index in [4.69, 9.17) is 27.9 Å². The molecule has 0 aliphatic carbocycles. The number of carbonyl (C=O) groups excluding carboxylic acids is 1. The van der Waals surface area contributed by atoms with Crippen LogP contribution in [0.5, 0.6) is 0 Å². The number of halogens is 4. The fourth-order valence-corrected chi connectivity index (χ4v) is 4.54. The van der Waals surface area contributed by atoms with Crippen molar-refractivity contribution < 1.29 is 18.3 Å². The number of hydrogen-bond donors (Lipinski definition) is 2. The van der Waals surface area contributed by atoms with Gasteiger partial charge >= 0.3 is 0 Å². The van der Waals surface area contributed by atoms with Crippen LogP contribution < -0.4 is 5.56 Å². The van der Waals surface area contributed by atoms with Gasteiger partial charge in [0.2, 0.25) is 0 Å². The molecular weight excluding hydrogens is 465 g/mol. The van der Waals surface area contributed by atoms with Gasteiger partial charge in [-0.2, -0.15) is 0 Å². The van der Waals surface area contributed by atoms with Crippen LogP contribution in [0.25, 0.3) is 21.7 Å². The molecule has 5 rings (SSSR count). The third-order valence-electron chi connectivity index (χ3n) is 5.60. The molecule has 1 aliphatic rings. The number of aromatic amines is 2. The largest absolute Gasteiger partial charge is 0.373 e. The summed E-state index contributed by atoms with van der Waals surface area (Å²) in [6, 6.07) is 4.28. The van der Waals surface area contributed by atoms with E-state index in [1.165, 1.54) is 4.90 Å². The smallest absolute Gasteiger partial charge is 0.270 e. The first kappa shape index (κ1) is 20.9. The number of nitrogens with zero attached hydrogens (tertiary/aromatic N) is 2. The van der Waals surface area contributed by atoms with E-state index < -0.39 is 29.1 Å². The SMILES string of the molecule is CN(C(=O)c1cc2c(Cl)nc(Cl)cc2[nH]1)C1COCc2[nH]c(=O)c3cc(F)c(F)cc3c21. The average molecular weight is 479 g/mol. The Labute approximate surface area is 188 Å². The molecule has 0 radical (unpaired) electrons. The minimum Gasteiger partial charge on any atom is -0.373 e. The minimum absolute atomic E-state index is 0.00601. The molecule has 0 spiro atoms. The fourth-order valence-electron chi connectivity index (χ4n) is 4.05. The molecule has 0 fully saturated rings. The van der Waals surface area contributed by atoms with Gasteiger partial charge in [0.25, 0.3) is 11.5 Å². The topological polar surface area (TPSA) is 91.1 Å². The lowest BCUT2D eigenvalue weighted by molar-refractivity contribution is 0.0333. The molecule has 11 heteroatoms. The van der Waals surface area contributed by atoms with Crippen LogP contribution in [0, 0.1) is 11.6 Å². The lowest BCUT2D eigenvalue weighted by Gasteiger charge is -2.33. The van der Waals surface area contributed by atoms with Crippen LogP contribution in [0.4, 0.5) is 8.78 Å². The zero-order valence-electron chi connectivity index (χ0n) is 16.4. The van der Waals surface area contributed by atoms with Crippen molar-refractivity contribution in [1.82, 2.24) is 19.9 Å². The summed E-state index contributed by atoms with van der Waals surface area (Å²) in [6.45, 7) is 0.175. The molecule has 1 amide bonds. The maximum Gasteiger partial charge on any atom is 0.270 e. The molecule has 32 heavy (non-hydrogen) atoms. The maximum absolute atomic E-state index is 14.1. The highest BCUT2D eigenvalue weighted by atomic mass is 35.5. The summed E-state index contributed by atoms with van der Waals surface area (Å²) in [4.78, 5) is 36.7. The van der Waals surface area contributed by atoms with Crippen molar-refractivity contribution in [2.45, 2.75) is 12.6 Å². The first-order chi connectivity index (χ1) is 15.2. The summed E-state index contributed by atoms with van der Waals surface area (Å²) in [7, 11) is 1.56. The minimum atomic E-state index is -1.13. The number of fused-ring (bicyclic) bond motifs is 4. The number of H-pyrrole nitrogens is 2. The third kappa shape index (κ3) is 3.24. The first-order valence-electron chi connectivity index (χ1n) is 9.48. The van der Waals surface area contributed by atoms with Crippen LogP contribution in [0.2, 0.25) is 10.3 Å². The predicted octanol–water partition coefficient (Wildman–Crippen LogP) is 4.33. The normalized spacial score (nSPS) is 15.8. The van der Waals surface area contributed by atoms with Crippen molar-refractivity contribution in [2.75, 3.05) is 13.7 Å². The van der Waals surface area contributed by atoms with E-state index in [9.17, 15) is 18.4 Å². The predicted molar refractivity (Wildman–Crippen MR) is 115 cm³/mol. The quantitative estimate of drug-likeness (QED) is 0.419. The fraction of sp³-hybridized carbons (Fsp3) is 0.190. The van der Waals surface area contributed by atoms with Gasteiger partial charge in [-0.3, -0.25) is 9.59 Å². The van der Waals surface area contributed by atoms with E-state index in [1.807, 2.05) is 0 Å². The highest BCUT2D eigenvalue weighted by Crippen LogP contribution is 2.34. The van der Waals surface area contributed by atoms with E-state index in [0.29, 0.717) is 22.2 Å². The number of rotatable bonds is 2. The van der Waals surface area contributed by atoms with Crippen LogP contribution in [-0.4, -0.2) is 39.4 Å². The van der Waals surface area contributed by atoms with Crippen LogP contribution in [0.3, 0.4) is 0 Å². The third-order valence-corrected chi connectivity index (χ3v) is 6.08. The van der Waals surface area contributed by atoms with Crippen LogP contribution in [0.1, 0.15) is 27.8 Å². The number of nitrogens with one attached hydrogen (secondary N) is 2. The molecular formula is C21H14Cl2F2N4O3. The monoisotopic (exact) mass is 478 g/mol. The Balaban J connectivity index is 1.62. The van der Waals surface area contributed by atoms with Gasteiger partial charge in [-0.15, -0.1) is 0 Å². The summed E-state index contributed by atoms with van der Waals surface area (Å²) in [5.41, 5.74) is 1.11. The number of benzene rings is 1. The summed E-state index contributed by atoms with van der Waals surface area (Å²) in [5, 5.41) is 1.08. The standard InChI is InChI=1S/C21H14Cl2F2N4O3/c1-29(21(31)14-4-10-13(26-14)5-17(22)28-19(10)23)16-7-32-6-15-18(16)8-2-11(24)12(25)3-9(8)20(30)27-15/h2-5,16,26H,6-7H2,1H3,(H,27,30). The van der Waals surface area contributed by atoms with Gasteiger partial charge in [0.05, 0.1) is 30.2 Å². The summed E-state index contributed by atoms with van der Waals surface area (Å²) in [6.07, 6.45) is 0. The van der Waals surface area contributed by atoms with Crippen LogP contribution in [0.15, 0.2) is 29.1 Å². The average Bonchev–Trinajstić information content (AvgIpc) is 3.18. The van der Waals surface area contributed by atoms with Crippen LogP contribution in [-0.2, 0) is 11.3 Å². The lowest BCUT2D eigenvalue weighted by atomic mass is 9.95. The molecule has 3 aromatic heterocycles. The zero-order valence-corrected chi connectivity index (χ0v) is 17.9. The molecule has 164 valence electrons. The van der Waals surface area contributed by atoms with Gasteiger partial charge < -0.3 is 19.6 Å². The maximum atomic E-state index is 14.1. The van der Waals surface area contributed by atoms with Crippen molar-refractivity contribution in [3.05, 3.63) is 73.5 Å². The van der Waals surface area contributed by atoms with E-state index in [2.05, 4.69) is 15.0 Å². The Hall–Kier alpha value is -3.01. The van der Waals surface area contributed by atoms with Gasteiger partial charge in [0.15, 0.2) is 11.6 Å². The molecule has 1 atom stereocenters. The molecule has 7 nitrogen and oxygen atoms in total. The van der Waals surface area contributed by atoms with Crippen molar-refractivity contribution in [3.8, 4) is 0 Å². The lowest BCUT2D eigenvalue weighted by Crippen LogP contribution is -2.37. The second kappa shape index (κ2) is 7.54. The molecule has 4 aromatic rings. The van der Waals surface area contributed by atoms with Crippen molar-refractivity contribution in [1.29, 1.82) is 0 Å². The molecule has 0 bridgehead atoms. The second-order valence-corrected chi connectivity index (χ2v) is 8.23. The Bertz CT molecular complexity index is 1480. The van der Waals surface area contributed by atoms with Gasteiger partial charge in [-0.25, -0.2) is 13.8 Å². The van der Waals surface area contributed by atoms with Crippen LogP contribution >= 0.6 is 23.2 Å². The van der Waals surface area contributed by atoms with E-state index in [1.54, 1.807) is 19.2 Å². The summed E-state index contributed by atoms with van der Waals surface area (Å²) in [5.74, 6) is -2.62. The molecule has 2 N–H and O–H groups in total. The molecule has 1 unspecified atom stereocenters. The van der Waals surface area contributed by atoms with Gasteiger partial charge in [-0.1, -0.05) is 23.2 Å². The molecule has 0 saturated carbocycles. The van der Waals surface area contributed by atoms with E-state index in [0.717, 1.165) is 12.1 Å². The molecule has 1 aromatic carbocycles. The summed E-state index contributed by atoms with van der Waals surface area (Å²) < 4.78 is 33.4. The highest BCUT2D eigenvalue weighted by molar-refractivity contribution is 6.36. The van der Waals surface area contributed by atoms with E-state index in [-0.39, 0.29) is 40.0 Å². The van der Waals surface area contributed by atoms with Crippen molar-refractivity contribution >= 4 is 50.8 Å². The molecule has 0 saturated heterocycles. The summed E-state index contributed by atoms with van der Waals surface area (Å²) >= 11 is 12.1. The number of carbonyl (C=O) groups is 1. The number of hydrogen-bond acceptors (Lipinski definition) is 4. The number of pyridine rings is 2. The molecule has 1 aliphatic heterocycles. The Morgan fingerprint density at radius 2 is 1.84 bits per heavy atom. The van der Waals surface area contributed by atoms with Gasteiger partial charge in [-0.05, 0) is 29.7 Å². The van der Waals surface area contributed by atoms with Crippen molar-refractivity contribution in [2.24, 2.45) is 0 Å². The Morgan fingerprint density at radius 3 is 2.59 bits per heavy atom. The Kier molecular flexibility index (Phi) is 4.92. The van der Waals surface area contributed by atoms with Gasteiger partial charge in [0, 0.05) is 23.7 Å².